The van der Waals surface area contributed by atoms with Crippen molar-refractivity contribution < 1.29 is 0 Å². The molecule has 11 heavy (non-hydrogen) atoms. The Bertz CT molecular complexity index is 216. The molecule has 60 valence electrons. The van der Waals surface area contributed by atoms with Gasteiger partial charge in [0.1, 0.15) is 0 Å². The molecule has 1 rings (SSSR count). The zero-order valence-electron chi connectivity index (χ0n) is 6.74. The van der Waals surface area contributed by atoms with Crippen LogP contribution in [0.5, 0.6) is 0 Å². The summed E-state index contributed by atoms with van der Waals surface area (Å²) >= 11 is 6.08. The predicted molar refractivity (Wildman–Crippen MR) is 55.6 cm³/mol. The van der Waals surface area contributed by atoms with Crippen LogP contribution in [0.15, 0.2) is 29.2 Å². The van der Waals surface area contributed by atoms with Gasteiger partial charge in [-0.2, -0.15) is 11.8 Å². The predicted octanol–water partition coefficient (Wildman–Crippen LogP) is 3.40. The Kier molecular flexibility index (Phi) is 3.34. The van der Waals surface area contributed by atoms with E-state index in [0.29, 0.717) is 5.25 Å². The first-order chi connectivity index (χ1) is 5.24. The minimum Gasteiger partial charge on any atom is -0.158 e. The zero-order chi connectivity index (χ0) is 8.27. The lowest BCUT2D eigenvalue weighted by molar-refractivity contribution is 1.10. The Labute approximate surface area is 77.8 Å². The summed E-state index contributed by atoms with van der Waals surface area (Å²) in [5.41, 5.74) is 1.37. The van der Waals surface area contributed by atoms with Crippen LogP contribution in [0.2, 0.25) is 0 Å². The van der Waals surface area contributed by atoms with E-state index in [2.05, 4.69) is 37.9 Å². The van der Waals surface area contributed by atoms with Crippen molar-refractivity contribution >= 4 is 24.4 Å². The van der Waals surface area contributed by atoms with Gasteiger partial charge in [-0.15, -0.1) is 12.6 Å². The van der Waals surface area contributed by atoms with Crippen molar-refractivity contribution in [1.29, 1.82) is 0 Å². The van der Waals surface area contributed by atoms with Crippen molar-refractivity contribution in [1.82, 2.24) is 0 Å². The van der Waals surface area contributed by atoms with E-state index in [1.165, 1.54) is 5.56 Å². The summed E-state index contributed by atoms with van der Waals surface area (Å²) in [6.45, 7) is 2.21. The fourth-order valence-corrected chi connectivity index (χ4v) is 1.46. The lowest BCUT2D eigenvalue weighted by atomic mass is 10.2. The maximum atomic E-state index is 4.22. The van der Waals surface area contributed by atoms with E-state index in [-0.39, 0.29) is 0 Å². The number of hydrogen-bond donors (Lipinski definition) is 1. The van der Waals surface area contributed by atoms with Crippen LogP contribution in [-0.2, 0) is 0 Å². The Hall–Kier alpha value is -0.0800. The molecule has 0 unspecified atom stereocenters. The lowest BCUT2D eigenvalue weighted by Crippen LogP contribution is -1.85. The van der Waals surface area contributed by atoms with Gasteiger partial charge in [-0.1, -0.05) is 12.1 Å². The second kappa shape index (κ2) is 4.07. The van der Waals surface area contributed by atoms with Crippen molar-refractivity contribution in [2.45, 2.75) is 17.1 Å². The molecule has 0 fully saturated rings. The van der Waals surface area contributed by atoms with E-state index in [1.54, 1.807) is 0 Å². The molecular weight excluding hydrogens is 172 g/mol. The monoisotopic (exact) mass is 184 g/mol. The first-order valence-electron chi connectivity index (χ1n) is 3.55. The Morgan fingerprint density at radius 2 is 1.82 bits per heavy atom. The Morgan fingerprint density at radius 3 is 2.27 bits per heavy atom. The highest BCUT2D eigenvalue weighted by Crippen LogP contribution is 2.25. The molecule has 0 saturated carbocycles. The largest absolute Gasteiger partial charge is 0.158 e. The van der Waals surface area contributed by atoms with Gasteiger partial charge in [0.25, 0.3) is 0 Å². The molecule has 2 heteroatoms. The molecule has 0 spiro atoms. The molecule has 1 aromatic rings. The molecule has 1 atom stereocenters. The third-order valence-corrected chi connectivity index (χ3v) is 2.99. The van der Waals surface area contributed by atoms with Gasteiger partial charge in [0.2, 0.25) is 0 Å². The summed E-state index contributed by atoms with van der Waals surface area (Å²) in [4.78, 5) is 1.03. The number of thiol groups is 1. The first-order valence-corrected chi connectivity index (χ1v) is 5.29. The van der Waals surface area contributed by atoms with Gasteiger partial charge in [-0.3, -0.25) is 0 Å². The molecule has 0 amide bonds. The van der Waals surface area contributed by atoms with Gasteiger partial charge < -0.3 is 0 Å². The fourth-order valence-electron chi connectivity index (χ4n) is 0.881. The summed E-state index contributed by atoms with van der Waals surface area (Å²) in [5.74, 6) is 0. The maximum absolute atomic E-state index is 4.22. The van der Waals surface area contributed by atoms with Crippen molar-refractivity contribution in [3.05, 3.63) is 29.8 Å². The lowest BCUT2D eigenvalue weighted by Gasteiger charge is -2.07. The molecule has 0 aromatic heterocycles. The van der Waals surface area contributed by atoms with Crippen molar-refractivity contribution in [3.8, 4) is 0 Å². The normalized spacial score (nSPS) is 13.0. The van der Waals surface area contributed by atoms with Crippen molar-refractivity contribution in [3.63, 3.8) is 0 Å². The van der Waals surface area contributed by atoms with Gasteiger partial charge in [0.15, 0.2) is 0 Å². The molecule has 0 radical (unpaired) electrons. The van der Waals surface area contributed by atoms with Crippen LogP contribution in [0.4, 0.5) is 0 Å². The molecule has 0 N–H and O–H groups in total. The molecule has 0 nitrogen and oxygen atoms in total. The van der Waals surface area contributed by atoms with Crippen LogP contribution in [0.1, 0.15) is 17.7 Å². The van der Waals surface area contributed by atoms with Gasteiger partial charge in [0.05, 0.1) is 0 Å². The van der Waals surface area contributed by atoms with Gasteiger partial charge in [-0.05, 0) is 30.9 Å². The van der Waals surface area contributed by atoms with E-state index in [0.717, 1.165) is 4.90 Å². The van der Waals surface area contributed by atoms with Gasteiger partial charge in [0, 0.05) is 10.1 Å². The highest BCUT2D eigenvalue weighted by atomic mass is 32.2. The van der Waals surface area contributed by atoms with Crippen LogP contribution in [0.25, 0.3) is 0 Å². The summed E-state index contributed by atoms with van der Waals surface area (Å²) in [6.07, 6.45) is 2.12. The first kappa shape index (κ1) is 9.01. The molecule has 0 heterocycles. The van der Waals surface area contributed by atoms with E-state index in [1.807, 2.05) is 23.9 Å². The third kappa shape index (κ3) is 2.46. The number of benzene rings is 1. The topological polar surface area (TPSA) is 0 Å². The average Bonchev–Trinajstić information content (AvgIpc) is 2.05. The average molecular weight is 184 g/mol. The standard InChI is InChI=1S/C9H12S2/c1-7(11-2)8-3-5-9(10)6-4-8/h3-7,10H,1-2H3/t7-/m0/s1. The molecule has 0 bridgehead atoms. The Morgan fingerprint density at radius 1 is 1.27 bits per heavy atom. The SMILES string of the molecule is CS[C@@H](C)c1ccc(S)cc1. The Balaban J connectivity index is 2.81. The quantitative estimate of drug-likeness (QED) is 0.687. The highest BCUT2D eigenvalue weighted by molar-refractivity contribution is 7.98. The summed E-state index contributed by atoms with van der Waals surface area (Å²) in [6, 6.07) is 8.32. The van der Waals surface area contributed by atoms with Crippen LogP contribution < -0.4 is 0 Å². The van der Waals surface area contributed by atoms with Crippen LogP contribution in [0.3, 0.4) is 0 Å². The van der Waals surface area contributed by atoms with E-state index in [4.69, 9.17) is 0 Å². The molecular formula is C9H12S2. The van der Waals surface area contributed by atoms with E-state index in [9.17, 15) is 0 Å². The minimum atomic E-state index is 0.587. The van der Waals surface area contributed by atoms with E-state index < -0.39 is 0 Å². The number of thioether (sulfide) groups is 1. The molecule has 0 aliphatic rings. The highest BCUT2D eigenvalue weighted by Gasteiger charge is 2.00. The smallest absolute Gasteiger partial charge is 0.0266 e. The molecule has 0 saturated heterocycles. The molecule has 1 aromatic carbocycles. The van der Waals surface area contributed by atoms with Gasteiger partial charge in [-0.25, -0.2) is 0 Å². The van der Waals surface area contributed by atoms with E-state index >= 15 is 0 Å². The van der Waals surface area contributed by atoms with Crippen LogP contribution in [0, 0.1) is 0 Å². The van der Waals surface area contributed by atoms with Crippen LogP contribution in [-0.4, -0.2) is 6.26 Å². The van der Waals surface area contributed by atoms with Gasteiger partial charge >= 0.3 is 0 Å². The van der Waals surface area contributed by atoms with Crippen LogP contribution >= 0.6 is 24.4 Å². The maximum Gasteiger partial charge on any atom is 0.0266 e. The third-order valence-electron chi connectivity index (χ3n) is 1.72. The molecule has 0 aliphatic carbocycles. The molecule has 0 aliphatic heterocycles. The summed E-state index contributed by atoms with van der Waals surface area (Å²) < 4.78 is 0. The summed E-state index contributed by atoms with van der Waals surface area (Å²) in [7, 11) is 0. The fraction of sp³-hybridized carbons (Fsp3) is 0.333. The van der Waals surface area contributed by atoms with Crippen molar-refractivity contribution in [2.75, 3.05) is 6.26 Å². The number of rotatable bonds is 2. The zero-order valence-corrected chi connectivity index (χ0v) is 8.45. The summed E-state index contributed by atoms with van der Waals surface area (Å²) in [5, 5.41) is 0.587. The second-order valence-electron chi connectivity index (χ2n) is 2.47. The second-order valence-corrected chi connectivity index (χ2v) is 4.16. The minimum absolute atomic E-state index is 0.587. The number of hydrogen-bond acceptors (Lipinski definition) is 2. The van der Waals surface area contributed by atoms with Crippen molar-refractivity contribution in [2.24, 2.45) is 0 Å².